The first-order valence-electron chi connectivity index (χ1n) is 6.75. The van der Waals surface area contributed by atoms with Crippen molar-refractivity contribution in [3.8, 4) is 0 Å². The Labute approximate surface area is 134 Å². The number of benzene rings is 2. The minimum absolute atomic E-state index is 0.238. The molecule has 2 aromatic carbocycles. The highest BCUT2D eigenvalue weighted by Gasteiger charge is 2.23. The van der Waals surface area contributed by atoms with Gasteiger partial charge in [0.1, 0.15) is 5.82 Å². The van der Waals surface area contributed by atoms with E-state index in [1.54, 1.807) is 24.3 Å². The fourth-order valence-corrected chi connectivity index (χ4v) is 2.88. The quantitative estimate of drug-likeness (QED) is 0.865. The minimum Gasteiger partial charge on any atom is -0.361 e. The summed E-state index contributed by atoms with van der Waals surface area (Å²) in [4.78, 5) is 1.90. The minimum atomic E-state index is -0.282. The normalized spacial score (nSPS) is 12.2. The Morgan fingerprint density at radius 2 is 1.86 bits per heavy atom. The Morgan fingerprint density at radius 3 is 2.48 bits per heavy atom. The number of anilines is 1. The second-order valence-electron chi connectivity index (χ2n) is 4.63. The molecule has 0 aliphatic carbocycles. The lowest BCUT2D eigenvalue weighted by molar-refractivity contribution is 0.588. The van der Waals surface area contributed by atoms with E-state index in [1.165, 1.54) is 6.07 Å². The predicted molar refractivity (Wildman–Crippen MR) is 87.7 cm³/mol. The van der Waals surface area contributed by atoms with Crippen LogP contribution in [0.1, 0.15) is 18.5 Å². The fourth-order valence-electron chi connectivity index (χ4n) is 2.44. The van der Waals surface area contributed by atoms with Crippen molar-refractivity contribution in [3.63, 3.8) is 0 Å². The van der Waals surface area contributed by atoms with Crippen LogP contribution in [0.15, 0.2) is 42.5 Å². The van der Waals surface area contributed by atoms with Gasteiger partial charge >= 0.3 is 0 Å². The number of nitrogens with two attached hydrogens (primary N) is 1. The summed E-state index contributed by atoms with van der Waals surface area (Å²) in [5.74, 6) is -0.282. The third-order valence-corrected chi connectivity index (χ3v) is 4.28. The van der Waals surface area contributed by atoms with E-state index in [0.717, 1.165) is 5.56 Å². The van der Waals surface area contributed by atoms with Crippen molar-refractivity contribution in [2.75, 3.05) is 18.0 Å². The number of hydrogen-bond acceptors (Lipinski definition) is 2. The highest BCUT2D eigenvalue weighted by atomic mass is 35.5. The lowest BCUT2D eigenvalue weighted by Gasteiger charge is -2.33. The Kier molecular flexibility index (Phi) is 5.45. The monoisotopic (exact) mass is 326 g/mol. The Bertz CT molecular complexity index is 619. The second kappa shape index (κ2) is 7.12. The van der Waals surface area contributed by atoms with E-state index in [9.17, 15) is 4.39 Å². The summed E-state index contributed by atoms with van der Waals surface area (Å²) in [6.07, 6.45) is 0. The molecule has 1 atom stereocenters. The summed E-state index contributed by atoms with van der Waals surface area (Å²) in [5, 5.41) is 0.932. The molecule has 0 aliphatic heterocycles. The van der Waals surface area contributed by atoms with Crippen LogP contribution < -0.4 is 10.6 Å². The molecule has 0 heterocycles. The molecule has 2 N–H and O–H groups in total. The fraction of sp³-hybridized carbons (Fsp3) is 0.250. The summed E-state index contributed by atoms with van der Waals surface area (Å²) in [5.41, 5.74) is 7.23. The maximum absolute atomic E-state index is 14.1. The summed E-state index contributed by atoms with van der Waals surface area (Å²) in [6.45, 7) is 2.86. The maximum atomic E-state index is 14.1. The molecule has 0 bridgehead atoms. The van der Waals surface area contributed by atoms with Crippen LogP contribution in [0, 0.1) is 5.82 Å². The van der Waals surface area contributed by atoms with Gasteiger partial charge in [-0.05, 0) is 30.7 Å². The van der Waals surface area contributed by atoms with Crippen LogP contribution in [-0.4, -0.2) is 13.1 Å². The third-order valence-electron chi connectivity index (χ3n) is 3.44. The largest absolute Gasteiger partial charge is 0.361 e. The zero-order valence-corrected chi connectivity index (χ0v) is 13.2. The Balaban J connectivity index is 2.48. The van der Waals surface area contributed by atoms with E-state index < -0.39 is 0 Å². The number of hydrogen-bond donors (Lipinski definition) is 1. The molecule has 5 heteroatoms. The molecular weight excluding hydrogens is 310 g/mol. The van der Waals surface area contributed by atoms with Crippen LogP contribution in [0.4, 0.5) is 10.1 Å². The van der Waals surface area contributed by atoms with E-state index in [-0.39, 0.29) is 11.9 Å². The van der Waals surface area contributed by atoms with E-state index in [1.807, 2.05) is 24.0 Å². The number of halogens is 3. The van der Waals surface area contributed by atoms with Gasteiger partial charge in [-0.2, -0.15) is 0 Å². The molecule has 0 saturated heterocycles. The first-order chi connectivity index (χ1) is 10.1. The molecule has 21 heavy (non-hydrogen) atoms. The van der Waals surface area contributed by atoms with Gasteiger partial charge in [-0.25, -0.2) is 4.39 Å². The van der Waals surface area contributed by atoms with Crippen molar-refractivity contribution in [1.82, 2.24) is 0 Å². The number of nitrogens with zero attached hydrogens (tertiary/aromatic N) is 1. The van der Waals surface area contributed by atoms with Crippen LogP contribution in [0.25, 0.3) is 0 Å². The zero-order valence-electron chi connectivity index (χ0n) is 11.7. The van der Waals surface area contributed by atoms with Crippen LogP contribution in [0.3, 0.4) is 0 Å². The SMILES string of the molecule is CCN(c1ccccc1F)C(CN)c1cccc(Cl)c1Cl. The van der Waals surface area contributed by atoms with Gasteiger partial charge in [0, 0.05) is 13.1 Å². The van der Waals surface area contributed by atoms with Crippen LogP contribution in [0.5, 0.6) is 0 Å². The topological polar surface area (TPSA) is 29.3 Å². The summed E-state index contributed by atoms with van der Waals surface area (Å²) in [7, 11) is 0. The highest BCUT2D eigenvalue weighted by molar-refractivity contribution is 6.42. The lowest BCUT2D eigenvalue weighted by Crippen LogP contribution is -2.34. The average molecular weight is 327 g/mol. The van der Waals surface area contributed by atoms with Gasteiger partial charge in [-0.15, -0.1) is 0 Å². The average Bonchev–Trinajstić information content (AvgIpc) is 2.49. The Morgan fingerprint density at radius 1 is 1.14 bits per heavy atom. The van der Waals surface area contributed by atoms with Crippen LogP contribution >= 0.6 is 23.2 Å². The molecule has 0 aliphatic rings. The molecule has 0 amide bonds. The first kappa shape index (κ1) is 16.1. The van der Waals surface area contributed by atoms with Gasteiger partial charge in [-0.1, -0.05) is 47.5 Å². The Hall–Kier alpha value is -1.29. The molecule has 2 rings (SSSR count). The van der Waals surface area contributed by atoms with Gasteiger partial charge in [0.25, 0.3) is 0 Å². The van der Waals surface area contributed by atoms with E-state index in [2.05, 4.69) is 0 Å². The zero-order chi connectivity index (χ0) is 15.4. The summed E-state index contributed by atoms with van der Waals surface area (Å²) >= 11 is 12.4. The van der Waals surface area contributed by atoms with E-state index in [0.29, 0.717) is 28.8 Å². The van der Waals surface area contributed by atoms with Crippen molar-refractivity contribution < 1.29 is 4.39 Å². The van der Waals surface area contributed by atoms with E-state index in [4.69, 9.17) is 28.9 Å². The molecular formula is C16H17Cl2FN2. The van der Waals surface area contributed by atoms with Gasteiger partial charge in [0.15, 0.2) is 0 Å². The molecule has 0 spiro atoms. The van der Waals surface area contributed by atoms with Gasteiger partial charge in [0.05, 0.1) is 21.8 Å². The smallest absolute Gasteiger partial charge is 0.146 e. The second-order valence-corrected chi connectivity index (χ2v) is 5.42. The van der Waals surface area contributed by atoms with Crippen molar-refractivity contribution >= 4 is 28.9 Å². The molecule has 0 aromatic heterocycles. The molecule has 112 valence electrons. The van der Waals surface area contributed by atoms with Gasteiger partial charge in [-0.3, -0.25) is 0 Å². The highest BCUT2D eigenvalue weighted by Crippen LogP contribution is 2.35. The number of para-hydroxylation sites is 1. The van der Waals surface area contributed by atoms with Crippen molar-refractivity contribution in [2.45, 2.75) is 13.0 Å². The van der Waals surface area contributed by atoms with E-state index >= 15 is 0 Å². The molecule has 0 fully saturated rings. The number of likely N-dealkylation sites (N-methyl/N-ethyl adjacent to an activating group) is 1. The molecule has 1 unspecified atom stereocenters. The molecule has 0 saturated carbocycles. The van der Waals surface area contributed by atoms with Crippen LogP contribution in [-0.2, 0) is 0 Å². The lowest BCUT2D eigenvalue weighted by atomic mass is 10.0. The number of rotatable bonds is 5. The molecule has 0 radical (unpaired) electrons. The summed E-state index contributed by atoms with van der Waals surface area (Å²) in [6, 6.07) is 11.8. The van der Waals surface area contributed by atoms with Gasteiger partial charge in [0.2, 0.25) is 0 Å². The predicted octanol–water partition coefficient (Wildman–Crippen LogP) is 4.66. The molecule has 2 nitrogen and oxygen atoms in total. The summed E-state index contributed by atoms with van der Waals surface area (Å²) < 4.78 is 14.1. The van der Waals surface area contributed by atoms with Gasteiger partial charge < -0.3 is 10.6 Å². The van der Waals surface area contributed by atoms with Crippen molar-refractivity contribution in [1.29, 1.82) is 0 Å². The van der Waals surface area contributed by atoms with Crippen molar-refractivity contribution in [3.05, 3.63) is 63.9 Å². The third kappa shape index (κ3) is 3.31. The standard InChI is InChI=1S/C16H17Cl2FN2/c1-2-21(14-9-4-3-8-13(14)19)15(10-20)11-6-5-7-12(17)16(11)18/h3-9,15H,2,10,20H2,1H3. The van der Waals surface area contributed by atoms with Crippen LogP contribution in [0.2, 0.25) is 10.0 Å². The first-order valence-corrected chi connectivity index (χ1v) is 7.50. The molecule has 2 aromatic rings. The van der Waals surface area contributed by atoms with Crippen molar-refractivity contribution in [2.24, 2.45) is 5.73 Å². The maximum Gasteiger partial charge on any atom is 0.146 e.